The molecule has 6 N–H and O–H groups in total. The maximum Gasteiger partial charge on any atom is 0.514 e. The summed E-state index contributed by atoms with van der Waals surface area (Å²) in [6.07, 6.45) is 4.21. The highest BCUT2D eigenvalue weighted by Crippen LogP contribution is 2.69. The largest absolute Gasteiger partial charge is 0.514 e. The number of hydrogen-bond donors (Lipinski definition) is 6. The Balaban J connectivity index is 1.02. The van der Waals surface area contributed by atoms with E-state index >= 15 is 4.39 Å². The lowest BCUT2D eigenvalue weighted by molar-refractivity contribution is -0.527. The van der Waals surface area contributed by atoms with Gasteiger partial charge in [0.2, 0.25) is 0 Å². The van der Waals surface area contributed by atoms with Gasteiger partial charge < -0.3 is 34.1 Å². The second-order valence-corrected chi connectivity index (χ2v) is 15.4. The summed E-state index contributed by atoms with van der Waals surface area (Å²) in [5.41, 5.74) is -2.73. The first kappa shape index (κ1) is 46.2. The summed E-state index contributed by atoms with van der Waals surface area (Å²) in [5, 5.41) is 47.4. The Morgan fingerprint density at radius 1 is 1.00 bits per heavy atom. The monoisotopic (exact) mass is 851 g/mol. The van der Waals surface area contributed by atoms with Gasteiger partial charge in [-0.3, -0.25) is 30.4 Å². The van der Waals surface area contributed by atoms with Gasteiger partial charge in [0.05, 0.1) is 37.1 Å². The Labute approximate surface area is 343 Å². The van der Waals surface area contributed by atoms with Crippen molar-refractivity contribution in [3.63, 3.8) is 0 Å². The van der Waals surface area contributed by atoms with Crippen molar-refractivity contribution in [2.24, 2.45) is 28.6 Å². The van der Waals surface area contributed by atoms with Gasteiger partial charge in [-0.05, 0) is 86.3 Å². The number of methoxy groups -OCH3 is 1. The lowest BCUT2D eigenvalue weighted by Crippen LogP contribution is -2.66. The van der Waals surface area contributed by atoms with Gasteiger partial charge in [0.1, 0.15) is 19.3 Å². The zero-order valence-corrected chi connectivity index (χ0v) is 33.2. The summed E-state index contributed by atoms with van der Waals surface area (Å²) in [6.45, 7) is 1.77. The molecular formula is C39H50FN3O17. The topological polar surface area (TPSA) is 270 Å². The molecule has 8 atom stereocenters. The fourth-order valence-corrected chi connectivity index (χ4v) is 9.26. The number of amides is 1. The van der Waals surface area contributed by atoms with E-state index in [0.717, 1.165) is 6.08 Å². The molecule has 3 fully saturated rings. The first-order valence-corrected chi connectivity index (χ1v) is 19.2. The molecule has 0 heterocycles. The quantitative estimate of drug-likeness (QED) is 0.0306. The first-order valence-electron chi connectivity index (χ1n) is 19.2. The number of rotatable bonds is 18. The standard InChI is InChI=1S/C39H50FN3O17/c1-37-20-33(46)39(40)28(7-6-24-19-25(44)12-14-38(24,39)2)27(37)8-9-29(37)30(45)22-57-35(48)41-15-17-56-36(49)59-31-10-4-23(18-32(31)54-3)5-11-34(47)55-16-13-26(60-43(52)53)21-58-42(50)51/h4-5,10-12,14,18-19,26-29,33,46,50-53H,6-9,13,15-17,20-22H2,1-3H3,(H,41,48)/b11-5+/t26?,27?,28-,29?,33-,37-,38-,39?/m0/s1. The predicted octanol–water partition coefficient (Wildman–Crippen LogP) is 3.83. The van der Waals surface area contributed by atoms with Gasteiger partial charge in [-0.25, -0.2) is 28.4 Å². The van der Waals surface area contributed by atoms with E-state index in [-0.39, 0.29) is 61.6 Å². The number of nitrogens with zero attached hydrogens (tertiary/aromatic N) is 2. The maximum absolute atomic E-state index is 17.2. The van der Waals surface area contributed by atoms with Crippen LogP contribution < -0.4 is 14.8 Å². The summed E-state index contributed by atoms with van der Waals surface area (Å²) in [5.74, 6) is -2.53. The summed E-state index contributed by atoms with van der Waals surface area (Å²) in [4.78, 5) is 71.3. The molecule has 4 unspecified atom stereocenters. The molecule has 1 aromatic carbocycles. The molecule has 4 aliphatic rings. The molecule has 20 nitrogen and oxygen atoms in total. The molecule has 4 aliphatic carbocycles. The fraction of sp³-hybridized carbons (Fsp3) is 0.564. The average Bonchev–Trinajstić information content (AvgIpc) is 3.53. The molecule has 1 amide bonds. The van der Waals surface area contributed by atoms with Crippen molar-refractivity contribution in [3.8, 4) is 11.5 Å². The van der Waals surface area contributed by atoms with Crippen molar-refractivity contribution < 1.29 is 87.7 Å². The van der Waals surface area contributed by atoms with E-state index in [4.69, 9.17) is 44.5 Å². The van der Waals surface area contributed by atoms with Gasteiger partial charge in [0.25, 0.3) is 0 Å². The van der Waals surface area contributed by atoms with E-state index in [1.54, 1.807) is 13.0 Å². The van der Waals surface area contributed by atoms with Crippen LogP contribution in [0.15, 0.2) is 48.1 Å². The number of hydrogen-bond acceptors (Lipinski definition) is 19. The van der Waals surface area contributed by atoms with Crippen LogP contribution in [-0.4, -0.2) is 124 Å². The fourth-order valence-electron chi connectivity index (χ4n) is 9.26. The van der Waals surface area contributed by atoms with E-state index < -0.39 is 82.8 Å². The van der Waals surface area contributed by atoms with Gasteiger partial charge in [0.15, 0.2) is 35.3 Å². The molecule has 3 saturated carbocycles. The normalized spacial score (nSPS) is 28.6. The van der Waals surface area contributed by atoms with Gasteiger partial charge in [-0.1, -0.05) is 24.6 Å². The molecule has 1 aromatic rings. The van der Waals surface area contributed by atoms with Crippen molar-refractivity contribution in [2.75, 3.05) is 40.1 Å². The van der Waals surface area contributed by atoms with Gasteiger partial charge >= 0.3 is 18.2 Å². The van der Waals surface area contributed by atoms with Crippen LogP contribution in [0.2, 0.25) is 0 Å². The number of alkyl halides is 1. The minimum Gasteiger partial charge on any atom is -0.493 e. The SMILES string of the molecule is COc1cc(/C=C/C(=O)OCCC(CON(O)O)ON(O)O)ccc1OC(=O)OCCNC(=O)OCC(=O)C1CCC2[C@@H]3CCC4=CC(=O)C=C[C@]4(C)C3(F)[C@@H](O)C[C@]12C. The van der Waals surface area contributed by atoms with Crippen molar-refractivity contribution in [3.05, 3.63) is 53.6 Å². The van der Waals surface area contributed by atoms with Crippen molar-refractivity contribution >= 4 is 35.9 Å². The van der Waals surface area contributed by atoms with Crippen LogP contribution in [0, 0.1) is 28.6 Å². The third-order valence-corrected chi connectivity index (χ3v) is 12.1. The number of carbonyl (C=O) groups excluding carboxylic acids is 5. The van der Waals surface area contributed by atoms with E-state index in [0.29, 0.717) is 36.8 Å². The van der Waals surface area contributed by atoms with Crippen LogP contribution >= 0.6 is 0 Å². The minimum atomic E-state index is -2.00. The van der Waals surface area contributed by atoms with Crippen LogP contribution in [-0.2, 0) is 38.3 Å². The number of benzene rings is 1. The molecule has 0 spiro atoms. The molecule has 60 heavy (non-hydrogen) atoms. The Morgan fingerprint density at radius 3 is 2.48 bits per heavy atom. The highest BCUT2D eigenvalue weighted by Gasteiger charge is 2.70. The number of fused-ring (bicyclic) bond motifs is 5. The maximum atomic E-state index is 17.2. The number of Topliss-reactive ketones (excluding diaryl/α,β-unsaturated/α-hetero) is 1. The highest BCUT2D eigenvalue weighted by atomic mass is 19.1. The van der Waals surface area contributed by atoms with Gasteiger partial charge in [-0.15, -0.1) is 0 Å². The van der Waals surface area contributed by atoms with Gasteiger partial charge in [-0.2, -0.15) is 0 Å². The lowest BCUT2D eigenvalue weighted by Gasteiger charge is -2.62. The van der Waals surface area contributed by atoms with Crippen LogP contribution in [0.4, 0.5) is 14.0 Å². The number of ether oxygens (including phenoxy) is 5. The molecule has 0 radical (unpaired) electrons. The predicted molar refractivity (Wildman–Crippen MR) is 197 cm³/mol. The number of halogens is 1. The van der Waals surface area contributed by atoms with Gasteiger partial charge in [0, 0.05) is 29.7 Å². The summed E-state index contributed by atoms with van der Waals surface area (Å²) in [7, 11) is 1.31. The third-order valence-electron chi connectivity index (χ3n) is 12.1. The zero-order chi connectivity index (χ0) is 43.8. The van der Waals surface area contributed by atoms with E-state index in [1.165, 1.54) is 43.5 Å². The molecule has 0 aliphatic heterocycles. The minimum absolute atomic E-state index is 0.0281. The van der Waals surface area contributed by atoms with Crippen molar-refractivity contribution in [2.45, 2.75) is 70.2 Å². The molecular weight excluding hydrogens is 801 g/mol. The van der Waals surface area contributed by atoms with Crippen molar-refractivity contribution in [1.82, 2.24) is 16.1 Å². The van der Waals surface area contributed by atoms with E-state index in [9.17, 15) is 29.1 Å². The Morgan fingerprint density at radius 2 is 1.77 bits per heavy atom. The third kappa shape index (κ3) is 10.4. The molecule has 0 aromatic heterocycles. The number of nitrogens with one attached hydrogen (secondary N) is 1. The smallest absolute Gasteiger partial charge is 0.493 e. The van der Waals surface area contributed by atoms with Crippen LogP contribution in [0.25, 0.3) is 6.08 Å². The Kier molecular flexibility index (Phi) is 15.2. The Bertz CT molecular complexity index is 1860. The van der Waals surface area contributed by atoms with Crippen molar-refractivity contribution in [1.29, 1.82) is 0 Å². The van der Waals surface area contributed by atoms with Crippen LogP contribution in [0.1, 0.15) is 57.9 Å². The number of esters is 1. The number of alkyl carbamates (subject to hydrolysis) is 1. The number of carbonyl (C=O) groups is 5. The molecule has 0 bridgehead atoms. The average molecular weight is 852 g/mol. The van der Waals surface area contributed by atoms with Crippen LogP contribution in [0.3, 0.4) is 0 Å². The van der Waals surface area contributed by atoms with Crippen LogP contribution in [0.5, 0.6) is 11.5 Å². The number of aliphatic hydroxyl groups excluding tert-OH is 1. The summed E-state index contributed by atoms with van der Waals surface area (Å²) < 4.78 is 42.9. The first-order chi connectivity index (χ1) is 28.4. The summed E-state index contributed by atoms with van der Waals surface area (Å²) in [6, 6.07) is 4.30. The van der Waals surface area contributed by atoms with E-state index in [2.05, 4.69) is 15.0 Å². The zero-order valence-electron chi connectivity index (χ0n) is 33.2. The van der Waals surface area contributed by atoms with E-state index in [1.807, 2.05) is 6.92 Å². The highest BCUT2D eigenvalue weighted by molar-refractivity contribution is 6.01. The Hall–Kier alpha value is -4.84. The molecule has 21 heteroatoms. The number of ketones is 2. The molecule has 0 saturated heterocycles. The number of aliphatic hydroxyl groups is 1. The second kappa shape index (κ2) is 19.7. The molecule has 330 valence electrons. The lowest BCUT2D eigenvalue weighted by atomic mass is 9.45. The second-order valence-electron chi connectivity index (χ2n) is 15.4. The summed E-state index contributed by atoms with van der Waals surface area (Å²) >= 11 is 0. The molecule has 5 rings (SSSR count). The number of allylic oxidation sites excluding steroid dienone is 4.